The van der Waals surface area contributed by atoms with Crippen molar-refractivity contribution in [3.05, 3.63) is 42.1 Å². The van der Waals surface area contributed by atoms with Gasteiger partial charge in [0.1, 0.15) is 11.6 Å². The van der Waals surface area contributed by atoms with Gasteiger partial charge in [0.05, 0.1) is 18.8 Å². The molecule has 0 spiro atoms. The lowest BCUT2D eigenvalue weighted by atomic mass is 9.96. The molecule has 0 atom stereocenters. The Hall–Kier alpha value is -2.34. The van der Waals surface area contributed by atoms with Gasteiger partial charge >= 0.3 is 0 Å². The summed E-state index contributed by atoms with van der Waals surface area (Å²) in [6.07, 6.45) is 3.79. The van der Waals surface area contributed by atoms with Crippen molar-refractivity contribution in [2.45, 2.75) is 53.1 Å². The number of rotatable bonds is 6. The molecule has 1 amide bonds. The van der Waals surface area contributed by atoms with Crippen LogP contribution in [0.4, 0.5) is 5.82 Å². The summed E-state index contributed by atoms with van der Waals surface area (Å²) in [5.74, 6) is 1.78. The van der Waals surface area contributed by atoms with E-state index in [0.717, 1.165) is 44.0 Å². The van der Waals surface area contributed by atoms with Gasteiger partial charge in [-0.25, -0.2) is 4.68 Å². The molecular weight excluding hydrogens is 352 g/mol. The number of piperidine rings is 1. The molecule has 0 saturated carbocycles. The number of amides is 1. The van der Waals surface area contributed by atoms with Crippen LogP contribution in [0, 0.1) is 5.41 Å². The van der Waals surface area contributed by atoms with Gasteiger partial charge in [0.25, 0.3) is 0 Å². The summed E-state index contributed by atoms with van der Waals surface area (Å²) in [6.45, 7) is 11.3. The number of ether oxygens (including phenoxy) is 1. The van der Waals surface area contributed by atoms with E-state index in [1.165, 1.54) is 5.56 Å². The molecule has 0 radical (unpaired) electrons. The fourth-order valence-corrected chi connectivity index (χ4v) is 3.50. The van der Waals surface area contributed by atoms with Crippen molar-refractivity contribution in [3.8, 4) is 5.75 Å². The number of carbonyl (C=O) groups is 1. The van der Waals surface area contributed by atoms with Crippen molar-refractivity contribution in [3.63, 3.8) is 0 Å². The average molecular weight is 385 g/mol. The highest BCUT2D eigenvalue weighted by atomic mass is 16.5. The number of anilines is 1. The summed E-state index contributed by atoms with van der Waals surface area (Å²) in [7, 11) is 0. The van der Waals surface area contributed by atoms with E-state index in [2.05, 4.69) is 27.4 Å². The molecule has 2 aromatic rings. The van der Waals surface area contributed by atoms with Crippen LogP contribution in [0.3, 0.4) is 0 Å². The minimum absolute atomic E-state index is 0.0132. The van der Waals surface area contributed by atoms with E-state index in [1.807, 2.05) is 50.6 Å². The van der Waals surface area contributed by atoms with E-state index >= 15 is 0 Å². The molecule has 6 heteroatoms. The number of para-hydroxylation sites is 1. The van der Waals surface area contributed by atoms with Crippen LogP contribution < -0.4 is 10.1 Å². The van der Waals surface area contributed by atoms with Crippen LogP contribution in [0.2, 0.25) is 0 Å². The van der Waals surface area contributed by atoms with E-state index in [0.29, 0.717) is 12.6 Å². The highest BCUT2D eigenvalue weighted by Gasteiger charge is 2.26. The fraction of sp³-hybridized carbons (Fsp3) is 0.545. The Kier molecular flexibility index (Phi) is 6.39. The molecule has 0 aliphatic carbocycles. The molecule has 1 saturated heterocycles. The first-order valence-electron chi connectivity index (χ1n) is 10.2. The fourth-order valence-electron chi connectivity index (χ4n) is 3.50. The first kappa shape index (κ1) is 20.4. The van der Waals surface area contributed by atoms with Crippen LogP contribution in [0.15, 0.2) is 36.5 Å². The maximum atomic E-state index is 12.3. The third-order valence-electron chi connectivity index (χ3n) is 5.16. The maximum absolute atomic E-state index is 12.3. The normalized spacial score (nSPS) is 16.1. The number of hydrogen-bond donors (Lipinski definition) is 1. The Bertz CT molecular complexity index is 786. The van der Waals surface area contributed by atoms with Gasteiger partial charge in [0.2, 0.25) is 5.91 Å². The largest absolute Gasteiger partial charge is 0.494 e. The minimum atomic E-state index is -0.424. The maximum Gasteiger partial charge on any atom is 0.230 e. The van der Waals surface area contributed by atoms with Gasteiger partial charge < -0.3 is 10.1 Å². The predicted molar refractivity (Wildman–Crippen MR) is 111 cm³/mol. The third kappa shape index (κ3) is 4.93. The van der Waals surface area contributed by atoms with Crippen LogP contribution >= 0.6 is 0 Å². The van der Waals surface area contributed by atoms with E-state index < -0.39 is 5.41 Å². The number of likely N-dealkylation sites (tertiary alicyclic amines) is 1. The smallest absolute Gasteiger partial charge is 0.230 e. The van der Waals surface area contributed by atoms with Gasteiger partial charge in [0.15, 0.2) is 0 Å². The molecule has 3 rings (SSSR count). The minimum Gasteiger partial charge on any atom is -0.494 e. The van der Waals surface area contributed by atoms with Crippen molar-refractivity contribution in [2.24, 2.45) is 5.41 Å². The van der Waals surface area contributed by atoms with Gasteiger partial charge in [-0.2, -0.15) is 5.10 Å². The van der Waals surface area contributed by atoms with E-state index in [4.69, 9.17) is 4.74 Å². The highest BCUT2D eigenvalue weighted by molar-refractivity contribution is 5.93. The summed E-state index contributed by atoms with van der Waals surface area (Å²) in [4.78, 5) is 14.8. The third-order valence-corrected chi connectivity index (χ3v) is 5.16. The summed E-state index contributed by atoms with van der Waals surface area (Å²) in [5.41, 5.74) is 0.812. The van der Waals surface area contributed by atoms with E-state index in [1.54, 1.807) is 6.20 Å². The quantitative estimate of drug-likeness (QED) is 0.814. The number of nitrogens with one attached hydrogen (secondary N) is 1. The molecule has 1 aliphatic rings. The first-order chi connectivity index (χ1) is 13.4. The van der Waals surface area contributed by atoms with Crippen molar-refractivity contribution in [1.29, 1.82) is 0 Å². The average Bonchev–Trinajstić information content (AvgIpc) is 3.11. The van der Waals surface area contributed by atoms with Crippen molar-refractivity contribution in [1.82, 2.24) is 14.7 Å². The van der Waals surface area contributed by atoms with Crippen LogP contribution in [-0.4, -0.2) is 40.3 Å². The Morgan fingerprint density at radius 2 is 1.93 bits per heavy atom. The van der Waals surface area contributed by atoms with Crippen LogP contribution in [0.1, 0.15) is 52.1 Å². The van der Waals surface area contributed by atoms with Crippen molar-refractivity contribution < 1.29 is 9.53 Å². The van der Waals surface area contributed by atoms with Gasteiger partial charge in [0, 0.05) is 36.7 Å². The molecule has 0 unspecified atom stereocenters. The number of carbonyl (C=O) groups excluding carboxylic acids is 1. The molecule has 6 nitrogen and oxygen atoms in total. The second kappa shape index (κ2) is 8.78. The van der Waals surface area contributed by atoms with Gasteiger partial charge in [-0.05, 0) is 25.8 Å². The Balaban J connectivity index is 1.59. The Morgan fingerprint density at radius 1 is 1.21 bits per heavy atom. The van der Waals surface area contributed by atoms with Crippen LogP contribution in [-0.2, 0) is 11.3 Å². The Morgan fingerprint density at radius 3 is 2.61 bits per heavy atom. The molecule has 2 heterocycles. The van der Waals surface area contributed by atoms with Gasteiger partial charge in [-0.3, -0.25) is 9.69 Å². The van der Waals surface area contributed by atoms with Gasteiger partial charge in [-0.1, -0.05) is 39.0 Å². The number of aromatic nitrogens is 2. The summed E-state index contributed by atoms with van der Waals surface area (Å²) in [5, 5.41) is 7.52. The second-order valence-corrected chi connectivity index (χ2v) is 8.41. The molecule has 1 aliphatic heterocycles. The standard InChI is InChI=1S/C22H32N4O2/c1-5-28-19-9-7-6-8-17(19)16-25-14-11-18(12-15-25)26-20(10-13-23-26)24-21(27)22(2,3)4/h6-10,13,18H,5,11-12,14-16H2,1-4H3,(H,24,27). The second-order valence-electron chi connectivity index (χ2n) is 8.41. The highest BCUT2D eigenvalue weighted by Crippen LogP contribution is 2.28. The number of benzene rings is 1. The molecule has 1 fully saturated rings. The lowest BCUT2D eigenvalue weighted by molar-refractivity contribution is -0.123. The monoisotopic (exact) mass is 384 g/mol. The predicted octanol–water partition coefficient (Wildman–Crippen LogP) is 4.10. The molecule has 0 bridgehead atoms. The topological polar surface area (TPSA) is 59.4 Å². The molecular formula is C22H32N4O2. The Labute approximate surface area is 167 Å². The summed E-state index contributed by atoms with van der Waals surface area (Å²) >= 11 is 0. The first-order valence-corrected chi connectivity index (χ1v) is 10.2. The molecule has 1 N–H and O–H groups in total. The van der Waals surface area contributed by atoms with Crippen molar-refractivity contribution in [2.75, 3.05) is 25.0 Å². The SMILES string of the molecule is CCOc1ccccc1CN1CCC(n2nccc2NC(=O)C(C)(C)C)CC1. The molecule has 1 aromatic heterocycles. The van der Waals surface area contributed by atoms with E-state index in [-0.39, 0.29) is 5.91 Å². The lowest BCUT2D eigenvalue weighted by Crippen LogP contribution is -2.35. The number of hydrogen-bond acceptors (Lipinski definition) is 4. The van der Waals surface area contributed by atoms with E-state index in [9.17, 15) is 4.79 Å². The zero-order valence-corrected chi connectivity index (χ0v) is 17.4. The number of nitrogens with zero attached hydrogens (tertiary/aromatic N) is 3. The summed E-state index contributed by atoms with van der Waals surface area (Å²) < 4.78 is 7.74. The molecule has 152 valence electrons. The van der Waals surface area contributed by atoms with Crippen LogP contribution in [0.5, 0.6) is 5.75 Å². The zero-order chi connectivity index (χ0) is 20.1. The van der Waals surface area contributed by atoms with Crippen LogP contribution in [0.25, 0.3) is 0 Å². The molecule has 28 heavy (non-hydrogen) atoms. The van der Waals surface area contributed by atoms with Crippen molar-refractivity contribution >= 4 is 11.7 Å². The molecule has 1 aromatic carbocycles. The lowest BCUT2D eigenvalue weighted by Gasteiger charge is -2.33. The van der Waals surface area contributed by atoms with Gasteiger partial charge in [-0.15, -0.1) is 0 Å². The zero-order valence-electron chi connectivity index (χ0n) is 17.4. The summed E-state index contributed by atoms with van der Waals surface area (Å²) in [6, 6.07) is 10.5.